The number of methoxy groups -OCH3 is 3. The SMILES string of the molecule is COc1ccc(C(=C(c2ccc(OC)cc2)c2ccc(B3OC(C)(C)C(C)(C)O3)cc2)c2ccc(OC)cc2)cc1. The lowest BCUT2D eigenvalue weighted by Gasteiger charge is -2.32. The number of hydrogen-bond acceptors (Lipinski definition) is 5. The summed E-state index contributed by atoms with van der Waals surface area (Å²) in [6.45, 7) is 8.29. The van der Waals surface area contributed by atoms with Crippen LogP contribution in [0.15, 0.2) is 97.1 Å². The van der Waals surface area contributed by atoms with E-state index in [1.54, 1.807) is 21.3 Å². The maximum absolute atomic E-state index is 6.32. The van der Waals surface area contributed by atoms with Gasteiger partial charge in [0, 0.05) is 0 Å². The zero-order valence-electron chi connectivity index (χ0n) is 24.9. The molecule has 5 rings (SSSR count). The molecule has 0 saturated carbocycles. The molecule has 0 aliphatic carbocycles. The van der Waals surface area contributed by atoms with Gasteiger partial charge in [-0.05, 0) is 103 Å². The molecular weight excluding hydrogens is 511 g/mol. The largest absolute Gasteiger partial charge is 0.497 e. The van der Waals surface area contributed by atoms with Crippen molar-refractivity contribution >= 4 is 23.7 Å². The van der Waals surface area contributed by atoms with Crippen LogP contribution in [-0.2, 0) is 9.31 Å². The van der Waals surface area contributed by atoms with E-state index in [2.05, 4.69) is 88.4 Å². The molecule has 0 radical (unpaired) electrons. The topological polar surface area (TPSA) is 46.2 Å². The Bertz CT molecular complexity index is 1440. The lowest BCUT2D eigenvalue weighted by Crippen LogP contribution is -2.41. The third-order valence-electron chi connectivity index (χ3n) is 8.11. The van der Waals surface area contributed by atoms with Gasteiger partial charge in [0.1, 0.15) is 17.2 Å². The quantitative estimate of drug-likeness (QED) is 0.175. The Morgan fingerprint density at radius 3 is 1.00 bits per heavy atom. The summed E-state index contributed by atoms with van der Waals surface area (Å²) in [6.07, 6.45) is 0. The van der Waals surface area contributed by atoms with Crippen LogP contribution in [0.1, 0.15) is 49.9 Å². The van der Waals surface area contributed by atoms with E-state index in [4.69, 9.17) is 23.5 Å². The summed E-state index contributed by atoms with van der Waals surface area (Å²) in [5.74, 6) is 2.42. The Morgan fingerprint density at radius 1 is 0.463 bits per heavy atom. The van der Waals surface area contributed by atoms with Gasteiger partial charge in [-0.1, -0.05) is 60.7 Å². The minimum atomic E-state index is -0.426. The van der Waals surface area contributed by atoms with Gasteiger partial charge < -0.3 is 23.5 Å². The van der Waals surface area contributed by atoms with Crippen LogP contribution in [0, 0.1) is 0 Å². The highest BCUT2D eigenvalue weighted by molar-refractivity contribution is 6.62. The van der Waals surface area contributed by atoms with Crippen LogP contribution in [0.25, 0.3) is 11.1 Å². The zero-order valence-corrected chi connectivity index (χ0v) is 24.9. The standard InChI is InChI=1S/C35H37BO5/c1-34(2)35(3,4)41-36(40-34)28-16-8-24(9-17-28)32(25-10-18-29(37-5)19-11-25)33(26-12-20-30(38-6)21-13-26)27-14-22-31(39-7)23-15-27/h8-23H,1-7H3. The Kier molecular flexibility index (Phi) is 7.99. The van der Waals surface area contributed by atoms with Crippen molar-refractivity contribution in [2.45, 2.75) is 38.9 Å². The van der Waals surface area contributed by atoms with Crippen molar-refractivity contribution in [1.29, 1.82) is 0 Å². The molecule has 0 amide bonds. The second kappa shape index (κ2) is 11.5. The van der Waals surface area contributed by atoms with Gasteiger partial charge in [-0.3, -0.25) is 0 Å². The molecule has 1 heterocycles. The minimum absolute atomic E-state index is 0.402. The van der Waals surface area contributed by atoms with Crippen LogP contribution in [0.4, 0.5) is 0 Å². The molecule has 1 aliphatic rings. The molecule has 0 N–H and O–H groups in total. The summed E-state index contributed by atoms with van der Waals surface area (Å²) < 4.78 is 29.0. The van der Waals surface area contributed by atoms with E-state index >= 15 is 0 Å². The van der Waals surface area contributed by atoms with Crippen molar-refractivity contribution in [1.82, 2.24) is 0 Å². The van der Waals surface area contributed by atoms with E-state index in [-0.39, 0.29) is 0 Å². The lowest BCUT2D eigenvalue weighted by atomic mass is 9.77. The lowest BCUT2D eigenvalue weighted by molar-refractivity contribution is 0.00578. The molecule has 1 saturated heterocycles. The Hall–Kier alpha value is -4.00. The van der Waals surface area contributed by atoms with E-state index in [1.807, 2.05) is 36.4 Å². The Labute approximate surface area is 243 Å². The summed E-state index contributed by atoms with van der Waals surface area (Å²) >= 11 is 0. The molecule has 4 aromatic carbocycles. The van der Waals surface area contributed by atoms with Crippen molar-refractivity contribution in [2.75, 3.05) is 21.3 Å². The van der Waals surface area contributed by atoms with Gasteiger partial charge >= 0.3 is 7.12 Å². The average Bonchev–Trinajstić information content (AvgIpc) is 3.22. The first-order valence-electron chi connectivity index (χ1n) is 13.8. The normalized spacial score (nSPS) is 15.3. The molecule has 210 valence electrons. The molecule has 0 atom stereocenters. The summed E-state index contributed by atoms with van der Waals surface area (Å²) in [4.78, 5) is 0. The van der Waals surface area contributed by atoms with Crippen LogP contribution >= 0.6 is 0 Å². The molecule has 6 heteroatoms. The van der Waals surface area contributed by atoms with Crippen molar-refractivity contribution in [3.63, 3.8) is 0 Å². The summed E-state index contributed by atoms with van der Waals surface area (Å²) in [7, 11) is 4.62. The fourth-order valence-electron chi connectivity index (χ4n) is 4.97. The molecule has 0 unspecified atom stereocenters. The monoisotopic (exact) mass is 548 g/mol. The van der Waals surface area contributed by atoms with Crippen LogP contribution in [0.3, 0.4) is 0 Å². The van der Waals surface area contributed by atoms with Crippen LogP contribution < -0.4 is 19.7 Å². The minimum Gasteiger partial charge on any atom is -0.497 e. The van der Waals surface area contributed by atoms with Gasteiger partial charge in [0.25, 0.3) is 0 Å². The van der Waals surface area contributed by atoms with Crippen LogP contribution in [-0.4, -0.2) is 39.6 Å². The third kappa shape index (κ3) is 5.76. The Balaban J connectivity index is 1.70. The summed E-state index contributed by atoms with van der Waals surface area (Å²) in [5, 5.41) is 0. The third-order valence-corrected chi connectivity index (χ3v) is 8.11. The molecular formula is C35H37BO5. The molecule has 0 spiro atoms. The number of rotatable bonds is 8. The molecule has 1 fully saturated rings. The van der Waals surface area contributed by atoms with Gasteiger partial charge in [-0.2, -0.15) is 0 Å². The second-order valence-corrected chi connectivity index (χ2v) is 11.1. The van der Waals surface area contributed by atoms with Crippen molar-refractivity contribution in [3.05, 3.63) is 119 Å². The van der Waals surface area contributed by atoms with E-state index in [0.29, 0.717) is 0 Å². The number of benzene rings is 4. The highest BCUT2D eigenvalue weighted by Crippen LogP contribution is 2.39. The van der Waals surface area contributed by atoms with Gasteiger partial charge in [0.05, 0.1) is 32.5 Å². The molecule has 41 heavy (non-hydrogen) atoms. The predicted octanol–water partition coefficient (Wildman–Crippen LogP) is 7.02. The van der Waals surface area contributed by atoms with Gasteiger partial charge in [-0.15, -0.1) is 0 Å². The number of hydrogen-bond donors (Lipinski definition) is 0. The van der Waals surface area contributed by atoms with Crippen molar-refractivity contribution in [2.24, 2.45) is 0 Å². The van der Waals surface area contributed by atoms with Gasteiger partial charge in [0.2, 0.25) is 0 Å². The Morgan fingerprint density at radius 2 is 0.732 bits per heavy atom. The maximum Gasteiger partial charge on any atom is 0.494 e. The highest BCUT2D eigenvalue weighted by Gasteiger charge is 2.51. The van der Waals surface area contributed by atoms with Crippen molar-refractivity contribution in [3.8, 4) is 17.2 Å². The fraction of sp³-hybridized carbons (Fsp3) is 0.257. The summed E-state index contributed by atoms with van der Waals surface area (Å²) in [6, 6.07) is 33.0. The van der Waals surface area contributed by atoms with E-state index < -0.39 is 18.3 Å². The van der Waals surface area contributed by atoms with E-state index in [9.17, 15) is 0 Å². The smallest absolute Gasteiger partial charge is 0.494 e. The summed E-state index contributed by atoms with van der Waals surface area (Å²) in [5.41, 5.74) is 6.62. The first kappa shape index (κ1) is 28.5. The second-order valence-electron chi connectivity index (χ2n) is 11.1. The maximum atomic E-state index is 6.32. The average molecular weight is 548 g/mol. The van der Waals surface area contributed by atoms with E-state index in [0.717, 1.165) is 56.1 Å². The molecule has 0 aromatic heterocycles. The number of ether oxygens (including phenoxy) is 3. The first-order valence-corrected chi connectivity index (χ1v) is 13.8. The molecule has 1 aliphatic heterocycles. The van der Waals surface area contributed by atoms with Gasteiger partial charge in [0.15, 0.2) is 0 Å². The molecule has 0 bridgehead atoms. The van der Waals surface area contributed by atoms with Crippen LogP contribution in [0.5, 0.6) is 17.2 Å². The molecule has 5 nitrogen and oxygen atoms in total. The predicted molar refractivity (Wildman–Crippen MR) is 166 cm³/mol. The zero-order chi connectivity index (χ0) is 29.2. The fourth-order valence-corrected chi connectivity index (χ4v) is 4.97. The van der Waals surface area contributed by atoms with Gasteiger partial charge in [-0.25, -0.2) is 0 Å². The molecule has 4 aromatic rings. The highest BCUT2D eigenvalue weighted by atomic mass is 16.7. The van der Waals surface area contributed by atoms with Crippen LogP contribution in [0.2, 0.25) is 0 Å². The van der Waals surface area contributed by atoms with E-state index in [1.165, 1.54) is 0 Å². The van der Waals surface area contributed by atoms with Crippen molar-refractivity contribution < 1.29 is 23.5 Å². The first-order chi connectivity index (χ1) is 19.7.